The molecule has 132 valence electrons. The first-order valence-electron chi connectivity index (χ1n) is 9.52. The summed E-state index contributed by atoms with van der Waals surface area (Å²) >= 11 is 0. The van der Waals surface area contributed by atoms with Gasteiger partial charge in [-0.2, -0.15) is 0 Å². The van der Waals surface area contributed by atoms with Gasteiger partial charge in [0.2, 0.25) is 0 Å². The summed E-state index contributed by atoms with van der Waals surface area (Å²) in [5.74, 6) is 0.483. The maximum Gasteiger partial charge on any atom is 0.0399 e. The summed E-state index contributed by atoms with van der Waals surface area (Å²) in [5, 5.41) is 3.90. The van der Waals surface area contributed by atoms with E-state index < -0.39 is 0 Å². The molecule has 1 heteroatoms. The Bertz CT molecular complexity index is 875. The quantitative estimate of drug-likeness (QED) is 0.605. The molecule has 0 saturated heterocycles. The van der Waals surface area contributed by atoms with E-state index in [1.54, 1.807) is 0 Å². The fourth-order valence-electron chi connectivity index (χ4n) is 4.11. The van der Waals surface area contributed by atoms with Gasteiger partial charge in [0.25, 0.3) is 0 Å². The van der Waals surface area contributed by atoms with Crippen LogP contribution in [0.3, 0.4) is 0 Å². The van der Waals surface area contributed by atoms with E-state index in [9.17, 15) is 0 Å². The van der Waals surface area contributed by atoms with E-state index in [2.05, 4.69) is 105 Å². The highest BCUT2D eigenvalue weighted by molar-refractivity contribution is 5.66. The van der Waals surface area contributed by atoms with Crippen molar-refractivity contribution >= 4 is 0 Å². The summed E-state index contributed by atoms with van der Waals surface area (Å²) in [7, 11) is 0. The van der Waals surface area contributed by atoms with Crippen LogP contribution in [0.2, 0.25) is 0 Å². The Morgan fingerprint density at radius 3 is 2.08 bits per heavy atom. The SMILES string of the molecule is CC(C)(C)N[C@@H]1c2cc(-c3ccccc3)ccc2C[C@H]1c1ccccc1. The van der Waals surface area contributed by atoms with Gasteiger partial charge in [0.1, 0.15) is 0 Å². The lowest BCUT2D eigenvalue weighted by atomic mass is 9.90. The summed E-state index contributed by atoms with van der Waals surface area (Å²) in [4.78, 5) is 0. The number of rotatable bonds is 3. The first kappa shape index (κ1) is 17.1. The van der Waals surface area contributed by atoms with Crippen molar-refractivity contribution < 1.29 is 0 Å². The average molecular weight is 341 g/mol. The van der Waals surface area contributed by atoms with Gasteiger partial charge in [-0.3, -0.25) is 0 Å². The maximum atomic E-state index is 3.90. The average Bonchev–Trinajstić information content (AvgIpc) is 2.99. The fraction of sp³-hybridized carbons (Fsp3) is 0.280. The molecule has 1 aliphatic rings. The zero-order chi connectivity index (χ0) is 18.1. The van der Waals surface area contributed by atoms with E-state index in [0.717, 1.165) is 6.42 Å². The third-order valence-electron chi connectivity index (χ3n) is 5.25. The smallest absolute Gasteiger partial charge is 0.0399 e. The third-order valence-corrected chi connectivity index (χ3v) is 5.25. The van der Waals surface area contributed by atoms with Crippen LogP contribution in [0.15, 0.2) is 78.9 Å². The summed E-state index contributed by atoms with van der Waals surface area (Å²) in [5.41, 5.74) is 7.01. The van der Waals surface area contributed by atoms with Crippen LogP contribution in [-0.2, 0) is 6.42 Å². The zero-order valence-electron chi connectivity index (χ0n) is 15.9. The van der Waals surface area contributed by atoms with Crippen molar-refractivity contribution in [3.8, 4) is 11.1 Å². The zero-order valence-corrected chi connectivity index (χ0v) is 15.9. The van der Waals surface area contributed by atoms with Gasteiger partial charge in [0.15, 0.2) is 0 Å². The minimum atomic E-state index is 0.0715. The minimum absolute atomic E-state index is 0.0715. The highest BCUT2D eigenvalue weighted by Crippen LogP contribution is 2.44. The Kier molecular flexibility index (Phi) is 4.42. The van der Waals surface area contributed by atoms with E-state index in [1.165, 1.54) is 27.8 Å². The predicted octanol–water partition coefficient (Wildman–Crippen LogP) is 6.12. The maximum absolute atomic E-state index is 3.90. The molecular formula is C25H27N. The van der Waals surface area contributed by atoms with Gasteiger partial charge < -0.3 is 5.32 Å². The summed E-state index contributed by atoms with van der Waals surface area (Å²) in [6.45, 7) is 6.77. The van der Waals surface area contributed by atoms with Gasteiger partial charge in [-0.1, -0.05) is 72.8 Å². The minimum Gasteiger partial charge on any atom is -0.305 e. The molecular weight excluding hydrogens is 314 g/mol. The van der Waals surface area contributed by atoms with Crippen LogP contribution in [0.4, 0.5) is 0 Å². The topological polar surface area (TPSA) is 12.0 Å². The summed E-state index contributed by atoms with van der Waals surface area (Å²) < 4.78 is 0. The van der Waals surface area contributed by atoms with Gasteiger partial charge >= 0.3 is 0 Å². The second-order valence-electron chi connectivity index (χ2n) is 8.37. The summed E-state index contributed by atoms with van der Waals surface area (Å²) in [6, 6.07) is 29.0. The molecule has 0 aliphatic heterocycles. The Labute approximate surface area is 157 Å². The molecule has 26 heavy (non-hydrogen) atoms. The lowest BCUT2D eigenvalue weighted by Crippen LogP contribution is -2.40. The highest BCUT2D eigenvalue weighted by Gasteiger charge is 2.35. The number of hydrogen-bond acceptors (Lipinski definition) is 1. The highest BCUT2D eigenvalue weighted by atomic mass is 15.0. The van der Waals surface area contributed by atoms with Crippen molar-refractivity contribution in [3.05, 3.63) is 95.6 Å². The first-order chi connectivity index (χ1) is 12.5. The molecule has 0 fully saturated rings. The van der Waals surface area contributed by atoms with Gasteiger partial charge in [-0.05, 0) is 61.1 Å². The van der Waals surface area contributed by atoms with Crippen molar-refractivity contribution in [1.82, 2.24) is 5.32 Å². The van der Waals surface area contributed by atoms with Crippen LogP contribution in [0.25, 0.3) is 11.1 Å². The van der Waals surface area contributed by atoms with E-state index in [-0.39, 0.29) is 5.54 Å². The van der Waals surface area contributed by atoms with Gasteiger partial charge in [-0.15, -0.1) is 0 Å². The van der Waals surface area contributed by atoms with Crippen LogP contribution >= 0.6 is 0 Å². The summed E-state index contributed by atoms with van der Waals surface area (Å²) in [6.07, 6.45) is 1.10. The molecule has 1 aliphatic carbocycles. The predicted molar refractivity (Wildman–Crippen MR) is 110 cm³/mol. The van der Waals surface area contributed by atoms with Crippen LogP contribution < -0.4 is 5.32 Å². The fourth-order valence-corrected chi connectivity index (χ4v) is 4.11. The molecule has 0 bridgehead atoms. The lowest BCUT2D eigenvalue weighted by Gasteiger charge is -2.31. The molecule has 0 saturated carbocycles. The molecule has 1 nitrogen and oxygen atoms in total. The molecule has 2 atom stereocenters. The third kappa shape index (κ3) is 3.45. The van der Waals surface area contributed by atoms with Crippen molar-refractivity contribution in [2.24, 2.45) is 0 Å². The Balaban J connectivity index is 1.76. The monoisotopic (exact) mass is 341 g/mol. The van der Waals surface area contributed by atoms with Gasteiger partial charge in [-0.25, -0.2) is 0 Å². The second kappa shape index (κ2) is 6.74. The number of fused-ring (bicyclic) bond motifs is 1. The van der Waals surface area contributed by atoms with Crippen molar-refractivity contribution in [2.75, 3.05) is 0 Å². The van der Waals surface area contributed by atoms with Crippen molar-refractivity contribution in [1.29, 1.82) is 0 Å². The van der Waals surface area contributed by atoms with Crippen LogP contribution in [0.5, 0.6) is 0 Å². The Hall–Kier alpha value is -2.38. The molecule has 0 radical (unpaired) electrons. The Morgan fingerprint density at radius 1 is 0.769 bits per heavy atom. The lowest BCUT2D eigenvalue weighted by molar-refractivity contribution is 0.340. The number of hydrogen-bond donors (Lipinski definition) is 1. The van der Waals surface area contributed by atoms with E-state index in [0.29, 0.717) is 12.0 Å². The molecule has 0 heterocycles. The van der Waals surface area contributed by atoms with Gasteiger partial charge in [0.05, 0.1) is 0 Å². The van der Waals surface area contributed by atoms with Crippen molar-refractivity contribution in [3.63, 3.8) is 0 Å². The second-order valence-corrected chi connectivity index (χ2v) is 8.37. The standard InChI is InChI=1S/C25H27N/c1-25(2,3)26-24-22(19-12-8-5-9-13-19)17-21-15-14-20(16-23(21)24)18-10-6-4-7-11-18/h4-16,22,24,26H,17H2,1-3H3/t22-,24-/m0/s1. The largest absolute Gasteiger partial charge is 0.305 e. The normalized spacial score (nSPS) is 19.3. The molecule has 3 aromatic carbocycles. The molecule has 0 aromatic heterocycles. The first-order valence-corrected chi connectivity index (χ1v) is 9.52. The molecule has 0 unspecified atom stereocenters. The van der Waals surface area contributed by atoms with Crippen LogP contribution in [0, 0.1) is 0 Å². The molecule has 0 amide bonds. The van der Waals surface area contributed by atoms with Crippen molar-refractivity contribution in [2.45, 2.75) is 44.7 Å². The molecule has 1 N–H and O–H groups in total. The number of benzene rings is 3. The van der Waals surface area contributed by atoms with E-state index in [1.807, 2.05) is 0 Å². The number of nitrogens with one attached hydrogen (secondary N) is 1. The van der Waals surface area contributed by atoms with E-state index >= 15 is 0 Å². The molecule has 3 aromatic rings. The van der Waals surface area contributed by atoms with E-state index in [4.69, 9.17) is 0 Å². The molecule has 4 rings (SSSR count). The van der Waals surface area contributed by atoms with Crippen LogP contribution in [0.1, 0.15) is 49.4 Å². The Morgan fingerprint density at radius 2 is 1.42 bits per heavy atom. The van der Waals surface area contributed by atoms with Gasteiger partial charge in [0, 0.05) is 17.5 Å². The molecule has 0 spiro atoms. The van der Waals surface area contributed by atoms with Crippen LogP contribution in [-0.4, -0.2) is 5.54 Å².